The first-order chi connectivity index (χ1) is 12.7. The fourth-order valence-corrected chi connectivity index (χ4v) is 2.76. The van der Waals surface area contributed by atoms with Crippen LogP contribution in [-0.2, 0) is 11.2 Å². The van der Waals surface area contributed by atoms with Crippen LogP contribution in [-0.4, -0.2) is 38.1 Å². The van der Waals surface area contributed by atoms with Crippen LogP contribution in [0.5, 0.6) is 11.5 Å². The van der Waals surface area contributed by atoms with E-state index in [9.17, 15) is 4.79 Å². The summed E-state index contributed by atoms with van der Waals surface area (Å²) in [6.45, 7) is 0.991. The number of fused-ring (bicyclic) bond motifs is 1. The molecule has 0 spiro atoms. The second kappa shape index (κ2) is 8.39. The normalized spacial score (nSPS) is 10.5. The summed E-state index contributed by atoms with van der Waals surface area (Å²) in [5, 5.41) is 2.34. The van der Waals surface area contributed by atoms with Gasteiger partial charge in [0.1, 0.15) is 18.1 Å². The summed E-state index contributed by atoms with van der Waals surface area (Å²) in [6.07, 6.45) is 0.393. The zero-order valence-electron chi connectivity index (χ0n) is 15.1. The molecule has 0 saturated carbocycles. The van der Waals surface area contributed by atoms with E-state index >= 15 is 0 Å². The molecule has 0 aliphatic heterocycles. The molecular formula is C22H23NO3. The quantitative estimate of drug-likeness (QED) is 0.649. The molecule has 0 N–H and O–H groups in total. The number of likely N-dealkylation sites (N-methyl/N-ethyl adjacent to an activating group) is 1. The predicted octanol–water partition coefficient (Wildman–Crippen LogP) is 3.93. The summed E-state index contributed by atoms with van der Waals surface area (Å²) >= 11 is 0. The lowest BCUT2D eigenvalue weighted by Crippen LogP contribution is -2.32. The zero-order chi connectivity index (χ0) is 18.4. The fourth-order valence-electron chi connectivity index (χ4n) is 2.76. The van der Waals surface area contributed by atoms with Crippen molar-refractivity contribution in [2.75, 3.05) is 27.3 Å². The van der Waals surface area contributed by atoms with Gasteiger partial charge in [-0.3, -0.25) is 4.79 Å². The maximum atomic E-state index is 12.4. The Labute approximate surface area is 154 Å². The van der Waals surface area contributed by atoms with E-state index in [2.05, 4.69) is 24.3 Å². The van der Waals surface area contributed by atoms with Crippen LogP contribution in [0.3, 0.4) is 0 Å². The summed E-state index contributed by atoms with van der Waals surface area (Å²) in [7, 11) is 3.44. The summed E-state index contributed by atoms with van der Waals surface area (Å²) in [4.78, 5) is 14.1. The Morgan fingerprint density at radius 2 is 1.62 bits per heavy atom. The van der Waals surface area contributed by atoms with Crippen LogP contribution in [0.1, 0.15) is 5.56 Å². The van der Waals surface area contributed by atoms with Gasteiger partial charge < -0.3 is 14.4 Å². The van der Waals surface area contributed by atoms with Gasteiger partial charge in [0.15, 0.2) is 0 Å². The SMILES string of the molecule is COc1ccc(OCCN(C)C(=O)Cc2ccc3ccccc3c2)cc1. The highest BCUT2D eigenvalue weighted by atomic mass is 16.5. The Morgan fingerprint density at radius 3 is 2.35 bits per heavy atom. The lowest BCUT2D eigenvalue weighted by molar-refractivity contribution is -0.129. The van der Waals surface area contributed by atoms with Crippen LogP contribution in [0.2, 0.25) is 0 Å². The van der Waals surface area contributed by atoms with Gasteiger partial charge in [0.25, 0.3) is 0 Å². The molecule has 0 aliphatic rings. The molecule has 0 radical (unpaired) electrons. The first-order valence-electron chi connectivity index (χ1n) is 8.64. The Kier molecular flexibility index (Phi) is 5.74. The van der Waals surface area contributed by atoms with Gasteiger partial charge >= 0.3 is 0 Å². The van der Waals surface area contributed by atoms with Crippen molar-refractivity contribution in [3.05, 3.63) is 72.3 Å². The van der Waals surface area contributed by atoms with E-state index in [0.717, 1.165) is 22.4 Å². The van der Waals surface area contributed by atoms with Crippen molar-refractivity contribution in [1.82, 2.24) is 4.90 Å². The minimum atomic E-state index is 0.0820. The second-order valence-electron chi connectivity index (χ2n) is 6.20. The molecule has 3 aromatic carbocycles. The molecule has 4 heteroatoms. The van der Waals surface area contributed by atoms with Crippen molar-refractivity contribution in [1.29, 1.82) is 0 Å². The summed E-state index contributed by atoms with van der Waals surface area (Å²) in [5.74, 6) is 1.64. The van der Waals surface area contributed by atoms with Crippen molar-refractivity contribution in [3.63, 3.8) is 0 Å². The van der Waals surface area contributed by atoms with Crippen LogP contribution in [0.4, 0.5) is 0 Å². The number of amides is 1. The number of methoxy groups -OCH3 is 1. The molecule has 0 bridgehead atoms. The van der Waals surface area contributed by atoms with Gasteiger partial charge in [-0.2, -0.15) is 0 Å². The maximum Gasteiger partial charge on any atom is 0.226 e. The Balaban J connectivity index is 1.50. The number of rotatable bonds is 7. The molecule has 26 heavy (non-hydrogen) atoms. The molecule has 0 aliphatic carbocycles. The molecule has 0 unspecified atom stereocenters. The third-order valence-electron chi connectivity index (χ3n) is 4.35. The standard InChI is InChI=1S/C22H23NO3/c1-23(13-14-26-21-11-9-20(25-2)10-12-21)22(24)16-17-7-8-18-5-3-4-6-19(18)15-17/h3-12,15H,13-14,16H2,1-2H3. The fraction of sp³-hybridized carbons (Fsp3) is 0.227. The smallest absolute Gasteiger partial charge is 0.226 e. The third-order valence-corrected chi connectivity index (χ3v) is 4.35. The number of carbonyl (C=O) groups excluding carboxylic acids is 1. The van der Waals surface area contributed by atoms with Gasteiger partial charge in [-0.05, 0) is 40.6 Å². The first-order valence-corrected chi connectivity index (χ1v) is 8.64. The van der Waals surface area contributed by atoms with Crippen molar-refractivity contribution in [2.45, 2.75) is 6.42 Å². The lowest BCUT2D eigenvalue weighted by atomic mass is 10.0. The number of benzene rings is 3. The Hall–Kier alpha value is -3.01. The highest BCUT2D eigenvalue weighted by molar-refractivity contribution is 5.85. The first kappa shape index (κ1) is 17.8. The molecule has 1 amide bonds. The highest BCUT2D eigenvalue weighted by Gasteiger charge is 2.10. The molecule has 0 aromatic heterocycles. The van der Waals surface area contributed by atoms with Crippen LogP contribution in [0.15, 0.2) is 66.7 Å². The summed E-state index contributed by atoms with van der Waals surface area (Å²) in [6, 6.07) is 21.7. The van der Waals surface area contributed by atoms with E-state index in [1.807, 2.05) is 42.5 Å². The molecular weight excluding hydrogens is 326 g/mol. The average molecular weight is 349 g/mol. The van der Waals surface area contributed by atoms with E-state index < -0.39 is 0 Å². The van der Waals surface area contributed by atoms with E-state index in [4.69, 9.17) is 9.47 Å². The summed E-state index contributed by atoms with van der Waals surface area (Å²) in [5.41, 5.74) is 1.02. The molecule has 0 saturated heterocycles. The number of hydrogen-bond donors (Lipinski definition) is 0. The van der Waals surface area contributed by atoms with E-state index in [1.54, 1.807) is 19.1 Å². The van der Waals surface area contributed by atoms with Crippen LogP contribution in [0.25, 0.3) is 10.8 Å². The monoisotopic (exact) mass is 349 g/mol. The topological polar surface area (TPSA) is 38.8 Å². The molecule has 134 valence electrons. The maximum absolute atomic E-state index is 12.4. The molecule has 3 aromatic rings. The number of ether oxygens (including phenoxy) is 2. The third kappa shape index (κ3) is 4.54. The number of nitrogens with zero attached hydrogens (tertiary/aromatic N) is 1. The molecule has 0 atom stereocenters. The minimum Gasteiger partial charge on any atom is -0.497 e. The molecule has 4 nitrogen and oxygen atoms in total. The molecule has 0 fully saturated rings. The van der Waals surface area contributed by atoms with Gasteiger partial charge in [0.05, 0.1) is 20.1 Å². The lowest BCUT2D eigenvalue weighted by Gasteiger charge is -2.18. The van der Waals surface area contributed by atoms with Crippen LogP contribution in [0, 0.1) is 0 Å². The Morgan fingerprint density at radius 1 is 0.923 bits per heavy atom. The summed E-state index contributed by atoms with van der Waals surface area (Å²) < 4.78 is 10.8. The number of hydrogen-bond acceptors (Lipinski definition) is 3. The second-order valence-corrected chi connectivity index (χ2v) is 6.20. The zero-order valence-corrected chi connectivity index (χ0v) is 15.1. The van der Waals surface area contributed by atoms with Gasteiger partial charge in [-0.1, -0.05) is 42.5 Å². The number of carbonyl (C=O) groups is 1. The molecule has 3 rings (SSSR count). The van der Waals surface area contributed by atoms with Crippen LogP contribution >= 0.6 is 0 Å². The van der Waals surface area contributed by atoms with Gasteiger partial charge in [-0.15, -0.1) is 0 Å². The van der Waals surface area contributed by atoms with Crippen molar-refractivity contribution < 1.29 is 14.3 Å². The van der Waals surface area contributed by atoms with Crippen LogP contribution < -0.4 is 9.47 Å². The van der Waals surface area contributed by atoms with Gasteiger partial charge in [-0.25, -0.2) is 0 Å². The molecule has 0 heterocycles. The van der Waals surface area contributed by atoms with Gasteiger partial charge in [0, 0.05) is 7.05 Å². The minimum absolute atomic E-state index is 0.0820. The van der Waals surface area contributed by atoms with E-state index in [-0.39, 0.29) is 5.91 Å². The van der Waals surface area contributed by atoms with E-state index in [1.165, 1.54) is 5.39 Å². The van der Waals surface area contributed by atoms with Crippen molar-refractivity contribution in [2.24, 2.45) is 0 Å². The highest BCUT2D eigenvalue weighted by Crippen LogP contribution is 2.18. The average Bonchev–Trinajstić information content (AvgIpc) is 2.68. The van der Waals surface area contributed by atoms with Gasteiger partial charge in [0.2, 0.25) is 5.91 Å². The Bertz CT molecular complexity index is 874. The predicted molar refractivity (Wildman–Crippen MR) is 104 cm³/mol. The van der Waals surface area contributed by atoms with Crippen molar-refractivity contribution in [3.8, 4) is 11.5 Å². The van der Waals surface area contributed by atoms with E-state index in [0.29, 0.717) is 19.6 Å². The van der Waals surface area contributed by atoms with Crippen molar-refractivity contribution >= 4 is 16.7 Å². The largest absolute Gasteiger partial charge is 0.497 e.